The van der Waals surface area contributed by atoms with Crippen LogP contribution in [0.1, 0.15) is 5.56 Å². The predicted molar refractivity (Wildman–Crippen MR) is 70.0 cm³/mol. The maximum atomic E-state index is 6.05. The van der Waals surface area contributed by atoms with E-state index in [2.05, 4.69) is 15.8 Å². The zero-order valence-corrected chi connectivity index (χ0v) is 10.6. The van der Waals surface area contributed by atoms with Gasteiger partial charge in [0.1, 0.15) is 0 Å². The highest BCUT2D eigenvalue weighted by Crippen LogP contribution is 2.36. The summed E-state index contributed by atoms with van der Waals surface area (Å²) in [6, 6.07) is 3.46. The number of thiocarbonyl (C=S) groups is 1. The number of benzene rings is 1. The molecule has 90 valence electrons. The Bertz CT molecular complexity index is 479. The average molecular weight is 272 g/mol. The fourth-order valence-electron chi connectivity index (χ4n) is 1.25. The summed E-state index contributed by atoms with van der Waals surface area (Å²) in [5.74, 6) is 1.30. The van der Waals surface area contributed by atoms with Crippen molar-refractivity contribution in [1.82, 2.24) is 10.7 Å². The van der Waals surface area contributed by atoms with E-state index in [4.69, 9.17) is 33.3 Å². The molecular weight excluding hydrogens is 262 g/mol. The van der Waals surface area contributed by atoms with Gasteiger partial charge in [-0.1, -0.05) is 11.6 Å². The summed E-state index contributed by atoms with van der Waals surface area (Å²) in [7, 11) is 1.71. The van der Waals surface area contributed by atoms with E-state index in [1.165, 1.54) is 0 Å². The molecule has 1 aromatic carbocycles. The average Bonchev–Trinajstić information content (AvgIpc) is 2.76. The number of hydrazone groups is 1. The molecule has 0 aliphatic carbocycles. The highest BCUT2D eigenvalue weighted by Gasteiger charge is 2.15. The van der Waals surface area contributed by atoms with Crippen molar-refractivity contribution in [3.05, 3.63) is 22.7 Å². The first-order valence-electron chi connectivity index (χ1n) is 4.80. The lowest BCUT2D eigenvalue weighted by Gasteiger charge is -2.02. The zero-order valence-electron chi connectivity index (χ0n) is 8.99. The van der Waals surface area contributed by atoms with E-state index in [1.807, 2.05) is 0 Å². The molecule has 1 heterocycles. The first-order valence-corrected chi connectivity index (χ1v) is 5.59. The van der Waals surface area contributed by atoms with Gasteiger partial charge in [-0.3, -0.25) is 5.43 Å². The molecule has 2 rings (SSSR count). The van der Waals surface area contributed by atoms with E-state index < -0.39 is 0 Å². The van der Waals surface area contributed by atoms with E-state index in [0.29, 0.717) is 21.6 Å². The second-order valence-electron chi connectivity index (χ2n) is 3.18. The zero-order chi connectivity index (χ0) is 12.3. The van der Waals surface area contributed by atoms with Crippen molar-refractivity contribution in [2.75, 3.05) is 13.8 Å². The van der Waals surface area contributed by atoms with Gasteiger partial charge >= 0.3 is 0 Å². The third-order valence-electron chi connectivity index (χ3n) is 2.09. The molecule has 17 heavy (non-hydrogen) atoms. The standard InChI is InChI=1S/C10H10ClN3O2S/c1-12-10(17)14-13-4-6-2-8-9(3-7(6)11)16-5-15-8/h2-4H,5H2,1H3,(H2,12,14,17). The third kappa shape index (κ3) is 2.78. The second-order valence-corrected chi connectivity index (χ2v) is 3.99. The van der Waals surface area contributed by atoms with Crippen molar-refractivity contribution in [2.24, 2.45) is 5.10 Å². The number of nitrogens with one attached hydrogen (secondary N) is 2. The minimum atomic E-state index is 0.217. The molecule has 1 aromatic rings. The van der Waals surface area contributed by atoms with E-state index in [1.54, 1.807) is 25.4 Å². The Labute approximate surface area is 109 Å². The van der Waals surface area contributed by atoms with Crippen LogP contribution in [0.15, 0.2) is 17.2 Å². The van der Waals surface area contributed by atoms with Gasteiger partial charge in [0.25, 0.3) is 0 Å². The first kappa shape index (κ1) is 11.9. The van der Waals surface area contributed by atoms with Crippen LogP contribution in [-0.4, -0.2) is 25.2 Å². The van der Waals surface area contributed by atoms with Gasteiger partial charge in [-0.05, 0) is 18.3 Å². The minimum Gasteiger partial charge on any atom is -0.454 e. The Morgan fingerprint density at radius 3 is 2.88 bits per heavy atom. The molecule has 0 radical (unpaired) electrons. The van der Waals surface area contributed by atoms with Crippen LogP contribution in [0.2, 0.25) is 5.02 Å². The van der Waals surface area contributed by atoms with Crippen LogP contribution in [0.3, 0.4) is 0 Å². The van der Waals surface area contributed by atoms with Gasteiger partial charge in [0.05, 0.1) is 11.2 Å². The van der Waals surface area contributed by atoms with Gasteiger partial charge < -0.3 is 14.8 Å². The van der Waals surface area contributed by atoms with Crippen LogP contribution >= 0.6 is 23.8 Å². The topological polar surface area (TPSA) is 54.9 Å². The van der Waals surface area contributed by atoms with E-state index in [0.717, 1.165) is 5.56 Å². The van der Waals surface area contributed by atoms with E-state index >= 15 is 0 Å². The summed E-state index contributed by atoms with van der Waals surface area (Å²) >= 11 is 10.9. The number of ether oxygens (including phenoxy) is 2. The fourth-order valence-corrected chi connectivity index (χ4v) is 1.50. The van der Waals surface area contributed by atoms with Crippen LogP contribution in [-0.2, 0) is 0 Å². The molecule has 7 heteroatoms. The molecule has 0 atom stereocenters. The lowest BCUT2D eigenvalue weighted by molar-refractivity contribution is 0.174. The van der Waals surface area contributed by atoms with Gasteiger partial charge in [-0.25, -0.2) is 0 Å². The number of fused-ring (bicyclic) bond motifs is 1. The highest BCUT2D eigenvalue weighted by atomic mass is 35.5. The molecule has 5 nitrogen and oxygen atoms in total. The Morgan fingerprint density at radius 1 is 1.47 bits per heavy atom. The summed E-state index contributed by atoms with van der Waals surface area (Å²) in [5, 5.41) is 7.64. The predicted octanol–water partition coefficient (Wildman–Crippen LogP) is 1.50. The van der Waals surface area contributed by atoms with Crippen LogP contribution in [0.4, 0.5) is 0 Å². The Hall–Kier alpha value is -1.53. The number of rotatable bonds is 2. The molecule has 0 saturated heterocycles. The van der Waals surface area contributed by atoms with Gasteiger partial charge in [0.15, 0.2) is 16.6 Å². The van der Waals surface area contributed by atoms with Crippen molar-refractivity contribution in [3.8, 4) is 11.5 Å². The SMILES string of the molecule is CNC(=S)NN=Cc1cc2c(cc1Cl)OCO2. The maximum absolute atomic E-state index is 6.05. The smallest absolute Gasteiger partial charge is 0.231 e. The highest BCUT2D eigenvalue weighted by molar-refractivity contribution is 7.80. The number of hydrogen-bond donors (Lipinski definition) is 2. The molecule has 0 unspecified atom stereocenters. The lowest BCUT2D eigenvalue weighted by atomic mass is 10.2. The largest absolute Gasteiger partial charge is 0.454 e. The molecular formula is C10H10ClN3O2S. The Morgan fingerprint density at radius 2 is 2.18 bits per heavy atom. The molecule has 1 aliphatic heterocycles. The summed E-state index contributed by atoms with van der Waals surface area (Å²) in [5.41, 5.74) is 3.36. The van der Waals surface area contributed by atoms with E-state index in [9.17, 15) is 0 Å². The summed E-state index contributed by atoms with van der Waals surface area (Å²) in [6.07, 6.45) is 1.56. The molecule has 0 spiro atoms. The summed E-state index contributed by atoms with van der Waals surface area (Å²) in [6.45, 7) is 0.217. The normalized spacial score (nSPS) is 12.8. The number of hydrogen-bond acceptors (Lipinski definition) is 4. The molecule has 1 aliphatic rings. The quantitative estimate of drug-likeness (QED) is 0.485. The van der Waals surface area contributed by atoms with Gasteiger partial charge in [-0.15, -0.1) is 0 Å². The summed E-state index contributed by atoms with van der Waals surface area (Å²) in [4.78, 5) is 0. The Kier molecular flexibility index (Phi) is 3.65. The third-order valence-corrected chi connectivity index (χ3v) is 2.71. The van der Waals surface area contributed by atoms with Gasteiger partial charge in [0, 0.05) is 18.7 Å². The van der Waals surface area contributed by atoms with Crippen molar-refractivity contribution >= 4 is 35.1 Å². The maximum Gasteiger partial charge on any atom is 0.231 e. The number of nitrogens with zero attached hydrogens (tertiary/aromatic N) is 1. The molecule has 0 aromatic heterocycles. The first-order chi connectivity index (χ1) is 8.20. The van der Waals surface area contributed by atoms with E-state index in [-0.39, 0.29) is 6.79 Å². The number of halogens is 1. The monoisotopic (exact) mass is 271 g/mol. The van der Waals surface area contributed by atoms with Gasteiger partial charge in [-0.2, -0.15) is 5.10 Å². The molecule has 0 fully saturated rings. The van der Waals surface area contributed by atoms with Crippen molar-refractivity contribution < 1.29 is 9.47 Å². The van der Waals surface area contributed by atoms with Crippen LogP contribution in [0.25, 0.3) is 0 Å². The van der Waals surface area contributed by atoms with Crippen LogP contribution in [0, 0.1) is 0 Å². The fraction of sp³-hybridized carbons (Fsp3) is 0.200. The molecule has 0 bridgehead atoms. The van der Waals surface area contributed by atoms with Crippen molar-refractivity contribution in [1.29, 1.82) is 0 Å². The molecule has 0 saturated carbocycles. The van der Waals surface area contributed by atoms with Crippen LogP contribution < -0.4 is 20.2 Å². The van der Waals surface area contributed by atoms with Crippen LogP contribution in [0.5, 0.6) is 11.5 Å². The second kappa shape index (κ2) is 5.20. The molecule has 0 amide bonds. The lowest BCUT2D eigenvalue weighted by Crippen LogP contribution is -2.28. The van der Waals surface area contributed by atoms with Crippen molar-refractivity contribution in [3.63, 3.8) is 0 Å². The minimum absolute atomic E-state index is 0.217. The molecule has 2 N–H and O–H groups in total. The summed E-state index contributed by atoms with van der Waals surface area (Å²) < 4.78 is 10.4. The van der Waals surface area contributed by atoms with Crippen molar-refractivity contribution in [2.45, 2.75) is 0 Å². The van der Waals surface area contributed by atoms with Gasteiger partial charge in [0.2, 0.25) is 6.79 Å². The Balaban J connectivity index is 2.13.